The number of nitrogens with two attached hydrogens (primary N) is 2. The highest BCUT2D eigenvalue weighted by Gasteiger charge is 2.19. The van der Waals surface area contributed by atoms with Crippen LogP contribution in [0.15, 0.2) is 39.1 Å². The van der Waals surface area contributed by atoms with Crippen molar-refractivity contribution >= 4 is 39.0 Å². The standard InChI is InChI=1S/C11H13N5O3S2/c1-20-11-14-9(13)8(10(17)15-11)16-21(18,19)7-4-2-3-6(12)5-7/h2-5,16H,12H2,1H3,(H3,13,14,15,17). The first kappa shape index (κ1) is 15.2. The van der Waals surface area contributed by atoms with Crippen LogP contribution in [0.25, 0.3) is 0 Å². The molecule has 1 heterocycles. The molecule has 8 nitrogen and oxygen atoms in total. The van der Waals surface area contributed by atoms with Crippen molar-refractivity contribution in [1.29, 1.82) is 0 Å². The van der Waals surface area contributed by atoms with Gasteiger partial charge in [0.1, 0.15) is 0 Å². The molecule has 0 bridgehead atoms. The molecule has 0 fully saturated rings. The van der Waals surface area contributed by atoms with Crippen molar-refractivity contribution in [2.24, 2.45) is 0 Å². The Kier molecular flexibility index (Phi) is 4.09. The van der Waals surface area contributed by atoms with E-state index in [4.69, 9.17) is 11.5 Å². The van der Waals surface area contributed by atoms with Crippen molar-refractivity contribution in [1.82, 2.24) is 9.97 Å². The number of hydrogen-bond acceptors (Lipinski definition) is 7. The Labute approximate surface area is 125 Å². The number of thioether (sulfide) groups is 1. The summed E-state index contributed by atoms with van der Waals surface area (Å²) >= 11 is 1.18. The monoisotopic (exact) mass is 327 g/mol. The van der Waals surface area contributed by atoms with Gasteiger partial charge in [0.25, 0.3) is 15.6 Å². The van der Waals surface area contributed by atoms with E-state index in [0.717, 1.165) is 0 Å². The Hall–Kier alpha value is -2.20. The number of nitrogens with zero attached hydrogens (tertiary/aromatic N) is 1. The summed E-state index contributed by atoms with van der Waals surface area (Å²) in [5.74, 6) is -0.199. The van der Waals surface area contributed by atoms with Crippen LogP contribution in [-0.4, -0.2) is 24.6 Å². The number of benzene rings is 1. The Morgan fingerprint density at radius 3 is 2.62 bits per heavy atom. The zero-order valence-corrected chi connectivity index (χ0v) is 12.6. The molecule has 0 saturated heterocycles. The Bertz CT molecular complexity index is 832. The number of sulfonamides is 1. The van der Waals surface area contributed by atoms with Crippen LogP contribution in [0.5, 0.6) is 0 Å². The third kappa shape index (κ3) is 3.28. The summed E-state index contributed by atoms with van der Waals surface area (Å²) < 4.78 is 26.5. The van der Waals surface area contributed by atoms with Gasteiger partial charge in [0.15, 0.2) is 16.7 Å². The van der Waals surface area contributed by atoms with Gasteiger partial charge in [-0.25, -0.2) is 13.4 Å². The van der Waals surface area contributed by atoms with Gasteiger partial charge in [0.05, 0.1) is 4.90 Å². The molecule has 112 valence electrons. The van der Waals surface area contributed by atoms with Gasteiger partial charge in [0, 0.05) is 5.69 Å². The molecular weight excluding hydrogens is 314 g/mol. The molecular formula is C11H13N5O3S2. The van der Waals surface area contributed by atoms with Crippen molar-refractivity contribution in [3.8, 4) is 0 Å². The SMILES string of the molecule is CSc1nc(N)c(NS(=O)(=O)c2cccc(N)c2)c(=O)[nH]1. The number of aromatic amines is 1. The van der Waals surface area contributed by atoms with E-state index >= 15 is 0 Å². The fraction of sp³-hybridized carbons (Fsp3) is 0.0909. The summed E-state index contributed by atoms with van der Waals surface area (Å²) in [5, 5.41) is 0.296. The minimum atomic E-state index is -3.98. The highest BCUT2D eigenvalue weighted by atomic mass is 32.2. The van der Waals surface area contributed by atoms with Gasteiger partial charge in [-0.1, -0.05) is 17.8 Å². The number of rotatable bonds is 4. The van der Waals surface area contributed by atoms with Crippen LogP contribution >= 0.6 is 11.8 Å². The van der Waals surface area contributed by atoms with Gasteiger partial charge >= 0.3 is 0 Å². The lowest BCUT2D eigenvalue weighted by molar-refractivity contribution is 0.601. The third-order valence-electron chi connectivity index (χ3n) is 2.52. The van der Waals surface area contributed by atoms with Crippen molar-refractivity contribution in [3.05, 3.63) is 34.6 Å². The molecule has 6 N–H and O–H groups in total. The van der Waals surface area contributed by atoms with Crippen molar-refractivity contribution in [2.45, 2.75) is 10.1 Å². The van der Waals surface area contributed by atoms with Crippen LogP contribution in [0.3, 0.4) is 0 Å². The molecule has 10 heteroatoms. The van der Waals surface area contributed by atoms with Crippen LogP contribution < -0.4 is 21.7 Å². The first-order valence-electron chi connectivity index (χ1n) is 5.65. The number of anilines is 3. The second kappa shape index (κ2) is 5.66. The van der Waals surface area contributed by atoms with Gasteiger partial charge in [-0.2, -0.15) is 0 Å². The number of hydrogen-bond donors (Lipinski definition) is 4. The zero-order chi connectivity index (χ0) is 15.6. The van der Waals surface area contributed by atoms with Crippen molar-refractivity contribution in [3.63, 3.8) is 0 Å². The first-order chi connectivity index (χ1) is 9.83. The lowest BCUT2D eigenvalue weighted by atomic mass is 10.3. The van der Waals surface area contributed by atoms with E-state index in [1.54, 1.807) is 12.3 Å². The van der Waals surface area contributed by atoms with E-state index in [9.17, 15) is 13.2 Å². The maximum Gasteiger partial charge on any atom is 0.278 e. The Balaban J connectivity index is 2.45. The van der Waals surface area contributed by atoms with Crippen LogP contribution in [0, 0.1) is 0 Å². The predicted octanol–water partition coefficient (Wildman–Crippen LogP) is 0.457. The predicted molar refractivity (Wildman–Crippen MR) is 82.7 cm³/mol. The van der Waals surface area contributed by atoms with E-state index in [1.807, 2.05) is 0 Å². The molecule has 1 aromatic carbocycles. The molecule has 0 unspecified atom stereocenters. The summed E-state index contributed by atoms with van der Waals surface area (Å²) in [6.45, 7) is 0. The molecule has 0 saturated carbocycles. The summed E-state index contributed by atoms with van der Waals surface area (Å²) in [5.41, 5.74) is 10.5. The van der Waals surface area contributed by atoms with Gasteiger partial charge in [-0.3, -0.25) is 14.5 Å². The Morgan fingerprint density at radius 2 is 2.05 bits per heavy atom. The molecule has 0 amide bonds. The van der Waals surface area contributed by atoms with Crippen LogP contribution in [0.4, 0.5) is 17.2 Å². The highest BCUT2D eigenvalue weighted by molar-refractivity contribution is 7.98. The maximum absolute atomic E-state index is 12.2. The van der Waals surface area contributed by atoms with Gasteiger partial charge in [-0.05, 0) is 24.5 Å². The maximum atomic E-state index is 12.2. The van der Waals surface area contributed by atoms with E-state index in [-0.39, 0.29) is 22.1 Å². The average molecular weight is 327 g/mol. The van der Waals surface area contributed by atoms with Crippen molar-refractivity contribution < 1.29 is 8.42 Å². The molecule has 2 aromatic rings. The zero-order valence-electron chi connectivity index (χ0n) is 11.0. The highest BCUT2D eigenvalue weighted by Crippen LogP contribution is 2.19. The molecule has 0 radical (unpaired) electrons. The van der Waals surface area contributed by atoms with E-state index in [0.29, 0.717) is 5.16 Å². The molecule has 21 heavy (non-hydrogen) atoms. The van der Waals surface area contributed by atoms with E-state index in [1.165, 1.54) is 30.0 Å². The molecule has 1 aromatic heterocycles. The summed E-state index contributed by atoms with van der Waals surface area (Å²) in [7, 11) is -3.98. The van der Waals surface area contributed by atoms with Gasteiger partial charge in [0.2, 0.25) is 0 Å². The molecule has 0 spiro atoms. The van der Waals surface area contributed by atoms with Crippen molar-refractivity contribution in [2.75, 3.05) is 22.4 Å². The van der Waals surface area contributed by atoms with E-state index < -0.39 is 15.6 Å². The van der Waals surface area contributed by atoms with Gasteiger partial charge < -0.3 is 11.5 Å². The molecule has 2 rings (SSSR count). The van der Waals surface area contributed by atoms with Gasteiger partial charge in [-0.15, -0.1) is 0 Å². The summed E-state index contributed by atoms with van der Waals surface area (Å²) in [6, 6.07) is 5.67. The lowest BCUT2D eigenvalue weighted by Crippen LogP contribution is -2.23. The fourth-order valence-corrected chi connectivity index (χ4v) is 3.06. The minimum absolute atomic E-state index is 0.0738. The topological polar surface area (TPSA) is 144 Å². The van der Waals surface area contributed by atoms with E-state index in [2.05, 4.69) is 14.7 Å². The molecule has 0 aliphatic heterocycles. The quantitative estimate of drug-likeness (QED) is 0.362. The summed E-state index contributed by atoms with van der Waals surface area (Å²) in [4.78, 5) is 18.1. The first-order valence-corrected chi connectivity index (χ1v) is 8.36. The van der Waals surface area contributed by atoms with Crippen LogP contribution in [0.2, 0.25) is 0 Å². The number of nitrogen functional groups attached to an aromatic ring is 2. The molecule has 0 aliphatic carbocycles. The fourth-order valence-electron chi connectivity index (χ4n) is 1.54. The molecule has 0 aliphatic rings. The Morgan fingerprint density at radius 1 is 1.33 bits per heavy atom. The number of H-pyrrole nitrogens is 1. The van der Waals surface area contributed by atoms with Crippen LogP contribution in [-0.2, 0) is 10.0 Å². The summed E-state index contributed by atoms with van der Waals surface area (Å²) in [6.07, 6.45) is 1.70. The molecule has 0 atom stereocenters. The number of aromatic nitrogens is 2. The van der Waals surface area contributed by atoms with Crippen LogP contribution in [0.1, 0.15) is 0 Å². The lowest BCUT2D eigenvalue weighted by Gasteiger charge is -2.10. The largest absolute Gasteiger partial charge is 0.399 e. The smallest absolute Gasteiger partial charge is 0.278 e. The third-order valence-corrected chi connectivity index (χ3v) is 4.45. The normalized spacial score (nSPS) is 11.3. The number of nitrogens with one attached hydrogen (secondary N) is 2. The minimum Gasteiger partial charge on any atom is -0.399 e. The second-order valence-corrected chi connectivity index (χ2v) is 6.49. The average Bonchev–Trinajstić information content (AvgIpc) is 2.42. The second-order valence-electron chi connectivity index (χ2n) is 4.01.